The van der Waals surface area contributed by atoms with Crippen LogP contribution in [0.1, 0.15) is 92.9 Å². The van der Waals surface area contributed by atoms with Crippen molar-refractivity contribution in [1.82, 2.24) is 9.55 Å². The van der Waals surface area contributed by atoms with Crippen LogP contribution in [0.25, 0.3) is 11.0 Å². The Morgan fingerprint density at radius 1 is 0.786 bits per heavy atom. The van der Waals surface area contributed by atoms with E-state index in [1.807, 2.05) is 12.3 Å². The molecule has 0 saturated carbocycles. The minimum atomic E-state index is 0.508. The number of hydrogen-bond donors (Lipinski definition) is 0. The van der Waals surface area contributed by atoms with E-state index in [4.69, 9.17) is 0 Å². The second kappa shape index (κ2) is 11.0. The summed E-state index contributed by atoms with van der Waals surface area (Å²) in [5.74, 6) is 2.31. The molecule has 0 saturated heterocycles. The summed E-state index contributed by atoms with van der Waals surface area (Å²) < 4.78 is 2.30. The molecule has 0 N–H and O–H groups in total. The molecular formula is C26H44N2. The number of fused-ring (bicyclic) bond motifs is 1. The lowest BCUT2D eigenvalue weighted by atomic mass is 9.60. The maximum Gasteiger partial charge on any atom is 0.139 e. The SMILES string of the molecule is CC(C)C(CCCCCCCCCn1ccc2cccnc21)(C(C)C)C(C)C. The van der Waals surface area contributed by atoms with E-state index in [-0.39, 0.29) is 0 Å². The van der Waals surface area contributed by atoms with E-state index in [0.717, 1.165) is 29.9 Å². The summed E-state index contributed by atoms with van der Waals surface area (Å²) in [5.41, 5.74) is 1.64. The van der Waals surface area contributed by atoms with Crippen LogP contribution in [0, 0.1) is 23.2 Å². The minimum absolute atomic E-state index is 0.508. The maximum atomic E-state index is 4.51. The van der Waals surface area contributed by atoms with Gasteiger partial charge in [-0.15, -0.1) is 0 Å². The van der Waals surface area contributed by atoms with Gasteiger partial charge in [-0.3, -0.25) is 0 Å². The number of pyridine rings is 1. The van der Waals surface area contributed by atoms with Crippen LogP contribution in [-0.2, 0) is 6.54 Å². The van der Waals surface area contributed by atoms with Gasteiger partial charge in [-0.25, -0.2) is 4.98 Å². The lowest BCUT2D eigenvalue weighted by Crippen LogP contribution is -2.38. The van der Waals surface area contributed by atoms with Gasteiger partial charge in [0.25, 0.3) is 0 Å². The summed E-state index contributed by atoms with van der Waals surface area (Å²) in [5, 5.41) is 1.25. The van der Waals surface area contributed by atoms with Gasteiger partial charge in [-0.1, -0.05) is 80.1 Å². The average Bonchev–Trinajstić information content (AvgIpc) is 3.05. The zero-order valence-electron chi connectivity index (χ0n) is 19.4. The van der Waals surface area contributed by atoms with E-state index in [0.29, 0.717) is 5.41 Å². The highest BCUT2D eigenvalue weighted by molar-refractivity contribution is 5.75. The lowest BCUT2D eigenvalue weighted by molar-refractivity contribution is 0.0356. The van der Waals surface area contributed by atoms with Crippen LogP contribution in [0.5, 0.6) is 0 Å². The average molecular weight is 385 g/mol. The fourth-order valence-corrected chi connectivity index (χ4v) is 5.66. The first-order valence-corrected chi connectivity index (χ1v) is 11.8. The maximum absolute atomic E-state index is 4.51. The van der Waals surface area contributed by atoms with Crippen LogP contribution in [0.4, 0.5) is 0 Å². The molecule has 2 heterocycles. The van der Waals surface area contributed by atoms with Crippen molar-refractivity contribution in [3.8, 4) is 0 Å². The molecular weight excluding hydrogens is 340 g/mol. The summed E-state index contributed by atoms with van der Waals surface area (Å²) in [6, 6.07) is 6.33. The third kappa shape index (κ3) is 5.61. The van der Waals surface area contributed by atoms with E-state index in [1.54, 1.807) is 0 Å². The summed E-state index contributed by atoms with van der Waals surface area (Å²) in [7, 11) is 0. The molecule has 0 amide bonds. The van der Waals surface area contributed by atoms with Crippen molar-refractivity contribution < 1.29 is 0 Å². The molecule has 0 aliphatic heterocycles. The normalized spacial score (nSPS) is 12.8. The second-order valence-corrected chi connectivity index (χ2v) is 9.73. The van der Waals surface area contributed by atoms with Crippen molar-refractivity contribution in [2.45, 2.75) is 99.5 Å². The van der Waals surface area contributed by atoms with Crippen molar-refractivity contribution in [1.29, 1.82) is 0 Å². The molecule has 0 aromatic carbocycles. The molecule has 0 atom stereocenters. The summed E-state index contributed by atoms with van der Waals surface area (Å²) in [4.78, 5) is 4.51. The zero-order valence-corrected chi connectivity index (χ0v) is 19.4. The standard InChI is InChI=1S/C26H44N2/c1-21(2)26(22(3)4,23(5)6)17-12-10-8-7-9-11-13-19-28-20-16-24-15-14-18-27-25(24)28/h14-16,18,20-23H,7-13,17,19H2,1-6H3. The number of aryl methyl sites for hydroxylation is 1. The smallest absolute Gasteiger partial charge is 0.139 e. The molecule has 0 spiro atoms. The van der Waals surface area contributed by atoms with Crippen molar-refractivity contribution in [3.05, 3.63) is 30.6 Å². The van der Waals surface area contributed by atoms with Gasteiger partial charge >= 0.3 is 0 Å². The fourth-order valence-electron chi connectivity index (χ4n) is 5.66. The van der Waals surface area contributed by atoms with Crippen LogP contribution in [0.2, 0.25) is 0 Å². The minimum Gasteiger partial charge on any atom is -0.333 e. The van der Waals surface area contributed by atoms with Crippen LogP contribution in [-0.4, -0.2) is 9.55 Å². The first kappa shape index (κ1) is 23.0. The molecule has 2 nitrogen and oxygen atoms in total. The van der Waals surface area contributed by atoms with Gasteiger partial charge in [0.05, 0.1) is 0 Å². The first-order chi connectivity index (χ1) is 13.4. The van der Waals surface area contributed by atoms with Gasteiger partial charge in [0.2, 0.25) is 0 Å². The highest BCUT2D eigenvalue weighted by Crippen LogP contribution is 2.47. The number of rotatable bonds is 13. The molecule has 2 rings (SSSR count). The predicted molar refractivity (Wildman–Crippen MR) is 124 cm³/mol. The van der Waals surface area contributed by atoms with E-state index >= 15 is 0 Å². The van der Waals surface area contributed by atoms with Gasteiger partial charge in [0, 0.05) is 24.3 Å². The molecule has 0 bridgehead atoms. The summed E-state index contributed by atoms with van der Waals surface area (Å²) in [6.07, 6.45) is 15.0. The number of nitrogens with zero attached hydrogens (tertiary/aromatic N) is 2. The number of hydrogen-bond acceptors (Lipinski definition) is 1. The Bertz CT molecular complexity index is 659. The molecule has 2 aromatic rings. The summed E-state index contributed by atoms with van der Waals surface area (Å²) in [6.45, 7) is 15.7. The molecule has 0 aliphatic carbocycles. The lowest BCUT2D eigenvalue weighted by Gasteiger charge is -2.45. The van der Waals surface area contributed by atoms with E-state index in [9.17, 15) is 0 Å². The Hall–Kier alpha value is -1.31. The molecule has 0 aliphatic rings. The zero-order chi connectivity index (χ0) is 20.6. The fraction of sp³-hybridized carbons (Fsp3) is 0.731. The monoisotopic (exact) mass is 384 g/mol. The molecule has 0 radical (unpaired) electrons. The number of unbranched alkanes of at least 4 members (excludes halogenated alkanes) is 6. The van der Waals surface area contributed by atoms with Crippen LogP contribution in [0.3, 0.4) is 0 Å². The Balaban J connectivity index is 1.60. The molecule has 0 fully saturated rings. The van der Waals surface area contributed by atoms with Gasteiger partial charge < -0.3 is 4.57 Å². The van der Waals surface area contributed by atoms with Gasteiger partial charge in [-0.05, 0) is 54.2 Å². The Morgan fingerprint density at radius 3 is 1.96 bits per heavy atom. The third-order valence-electron chi connectivity index (χ3n) is 7.26. The molecule has 2 aromatic heterocycles. The largest absolute Gasteiger partial charge is 0.333 e. The third-order valence-corrected chi connectivity index (χ3v) is 7.26. The Kier molecular flexibility index (Phi) is 9.05. The quantitative estimate of drug-likeness (QED) is 0.319. The first-order valence-electron chi connectivity index (χ1n) is 11.8. The Labute approximate surface area is 174 Å². The molecule has 2 heteroatoms. The van der Waals surface area contributed by atoms with Crippen molar-refractivity contribution in [2.24, 2.45) is 23.2 Å². The number of aromatic nitrogens is 2. The Morgan fingerprint density at radius 2 is 1.36 bits per heavy atom. The highest BCUT2D eigenvalue weighted by atomic mass is 15.0. The predicted octanol–water partition coefficient (Wildman–Crippen LogP) is 8.11. The van der Waals surface area contributed by atoms with Gasteiger partial charge in [-0.2, -0.15) is 0 Å². The highest BCUT2D eigenvalue weighted by Gasteiger charge is 2.39. The van der Waals surface area contributed by atoms with Gasteiger partial charge in [0.15, 0.2) is 0 Å². The van der Waals surface area contributed by atoms with Crippen molar-refractivity contribution in [3.63, 3.8) is 0 Å². The molecule has 158 valence electrons. The summed E-state index contributed by atoms with van der Waals surface area (Å²) >= 11 is 0. The van der Waals surface area contributed by atoms with E-state index in [2.05, 4.69) is 69.4 Å². The topological polar surface area (TPSA) is 17.8 Å². The molecule has 0 unspecified atom stereocenters. The van der Waals surface area contributed by atoms with Crippen LogP contribution < -0.4 is 0 Å². The van der Waals surface area contributed by atoms with Crippen molar-refractivity contribution >= 4 is 11.0 Å². The van der Waals surface area contributed by atoms with Crippen LogP contribution in [0.15, 0.2) is 30.6 Å². The molecule has 28 heavy (non-hydrogen) atoms. The van der Waals surface area contributed by atoms with E-state index in [1.165, 1.54) is 56.8 Å². The van der Waals surface area contributed by atoms with Crippen LogP contribution >= 0.6 is 0 Å². The van der Waals surface area contributed by atoms with Gasteiger partial charge in [0.1, 0.15) is 5.65 Å². The second-order valence-electron chi connectivity index (χ2n) is 9.73. The van der Waals surface area contributed by atoms with E-state index < -0.39 is 0 Å². The van der Waals surface area contributed by atoms with Crippen molar-refractivity contribution in [2.75, 3.05) is 0 Å².